The molecule has 3 aliphatic rings. The van der Waals surface area contributed by atoms with Gasteiger partial charge in [0.2, 0.25) is 5.91 Å². The second kappa shape index (κ2) is 6.44. The van der Waals surface area contributed by atoms with Crippen LogP contribution in [0.5, 0.6) is 0 Å². The molecule has 0 aliphatic carbocycles. The van der Waals surface area contributed by atoms with E-state index in [1.807, 2.05) is 0 Å². The Morgan fingerprint density at radius 3 is 2.40 bits per heavy atom. The molecule has 0 spiro atoms. The first-order chi connectivity index (χ1) is 9.74. The topological polar surface area (TPSA) is 35.6 Å². The lowest BCUT2D eigenvalue weighted by Crippen LogP contribution is -2.45. The number of rotatable bonds is 3. The highest BCUT2D eigenvalue weighted by Gasteiger charge is 2.34. The molecule has 4 nitrogen and oxygen atoms in total. The van der Waals surface area contributed by atoms with Crippen LogP contribution >= 0.6 is 0 Å². The van der Waals surface area contributed by atoms with Crippen molar-refractivity contribution in [3.63, 3.8) is 0 Å². The van der Waals surface area contributed by atoms with E-state index in [1.54, 1.807) is 0 Å². The Morgan fingerprint density at radius 2 is 1.80 bits per heavy atom. The lowest BCUT2D eigenvalue weighted by Gasteiger charge is -2.35. The zero-order valence-corrected chi connectivity index (χ0v) is 12.8. The number of amides is 1. The van der Waals surface area contributed by atoms with Gasteiger partial charge in [-0.2, -0.15) is 0 Å². The predicted molar refractivity (Wildman–Crippen MR) is 80.5 cm³/mol. The van der Waals surface area contributed by atoms with Crippen LogP contribution in [0.3, 0.4) is 0 Å². The highest BCUT2D eigenvalue weighted by molar-refractivity contribution is 5.80. The van der Waals surface area contributed by atoms with E-state index in [1.165, 1.54) is 45.3 Å². The summed E-state index contributed by atoms with van der Waals surface area (Å²) in [7, 11) is 0. The monoisotopic (exact) mass is 279 g/mol. The Kier molecular flexibility index (Phi) is 4.61. The van der Waals surface area contributed by atoms with Crippen molar-refractivity contribution in [1.82, 2.24) is 15.1 Å². The molecule has 0 aromatic carbocycles. The minimum Gasteiger partial charge on any atom is -0.342 e. The second-order valence-electron chi connectivity index (χ2n) is 6.91. The Balaban J connectivity index is 1.44. The van der Waals surface area contributed by atoms with Gasteiger partial charge in [-0.3, -0.25) is 4.79 Å². The first kappa shape index (κ1) is 14.3. The first-order valence-corrected chi connectivity index (χ1v) is 8.48. The van der Waals surface area contributed by atoms with Gasteiger partial charge in [0, 0.05) is 25.7 Å². The van der Waals surface area contributed by atoms with Gasteiger partial charge in [-0.15, -0.1) is 0 Å². The molecule has 0 radical (unpaired) electrons. The van der Waals surface area contributed by atoms with Crippen LogP contribution in [0.4, 0.5) is 0 Å². The fraction of sp³-hybridized carbons (Fsp3) is 0.938. The van der Waals surface area contributed by atoms with Gasteiger partial charge >= 0.3 is 0 Å². The van der Waals surface area contributed by atoms with Gasteiger partial charge in [-0.1, -0.05) is 0 Å². The Labute approximate surface area is 122 Å². The van der Waals surface area contributed by atoms with Crippen molar-refractivity contribution in [3.8, 4) is 0 Å². The molecule has 3 heterocycles. The second-order valence-corrected chi connectivity index (χ2v) is 6.91. The molecule has 3 saturated heterocycles. The molecule has 0 bridgehead atoms. The summed E-state index contributed by atoms with van der Waals surface area (Å²) in [5.41, 5.74) is 0. The number of hydrogen-bond acceptors (Lipinski definition) is 3. The van der Waals surface area contributed by atoms with E-state index in [-0.39, 0.29) is 5.92 Å². The van der Waals surface area contributed by atoms with Gasteiger partial charge in [-0.05, 0) is 64.6 Å². The number of likely N-dealkylation sites (tertiary alicyclic amines) is 2. The molecule has 0 saturated carbocycles. The lowest BCUT2D eigenvalue weighted by atomic mass is 9.93. The number of hydrogen-bond donors (Lipinski definition) is 1. The number of nitrogens with zero attached hydrogens (tertiary/aromatic N) is 2. The van der Waals surface area contributed by atoms with Crippen LogP contribution in [0.15, 0.2) is 0 Å². The quantitative estimate of drug-likeness (QED) is 0.846. The van der Waals surface area contributed by atoms with Gasteiger partial charge in [0.15, 0.2) is 0 Å². The zero-order valence-electron chi connectivity index (χ0n) is 12.8. The number of carbonyl (C=O) groups excluding carboxylic acids is 1. The summed E-state index contributed by atoms with van der Waals surface area (Å²) < 4.78 is 0. The minimum absolute atomic E-state index is 0.227. The third kappa shape index (κ3) is 3.17. The first-order valence-electron chi connectivity index (χ1n) is 8.48. The summed E-state index contributed by atoms with van der Waals surface area (Å²) >= 11 is 0. The zero-order chi connectivity index (χ0) is 13.9. The summed E-state index contributed by atoms with van der Waals surface area (Å²) in [6, 6.07) is 0.366. The Morgan fingerprint density at radius 1 is 1.10 bits per heavy atom. The van der Waals surface area contributed by atoms with E-state index in [9.17, 15) is 4.79 Å². The molecular weight excluding hydrogens is 250 g/mol. The van der Waals surface area contributed by atoms with Crippen LogP contribution in [0.1, 0.15) is 39.0 Å². The van der Waals surface area contributed by atoms with Gasteiger partial charge in [-0.25, -0.2) is 0 Å². The smallest absolute Gasteiger partial charge is 0.227 e. The molecule has 20 heavy (non-hydrogen) atoms. The summed E-state index contributed by atoms with van der Waals surface area (Å²) in [5, 5.41) is 3.39. The van der Waals surface area contributed by atoms with Crippen molar-refractivity contribution < 1.29 is 4.79 Å². The summed E-state index contributed by atoms with van der Waals surface area (Å²) in [6.07, 6.45) is 6.19. The van der Waals surface area contributed by atoms with E-state index in [0.717, 1.165) is 32.0 Å². The molecule has 114 valence electrons. The van der Waals surface area contributed by atoms with Crippen molar-refractivity contribution in [1.29, 1.82) is 0 Å². The predicted octanol–water partition coefficient (Wildman–Crippen LogP) is 1.32. The molecule has 3 fully saturated rings. The SMILES string of the molecule is CC1NCCC1C(=O)N1CCC(CN2CCCC2)CC1. The van der Waals surface area contributed by atoms with E-state index in [0.29, 0.717) is 11.9 Å². The highest BCUT2D eigenvalue weighted by Crippen LogP contribution is 2.24. The lowest BCUT2D eigenvalue weighted by molar-refractivity contribution is -0.137. The molecule has 3 aliphatic heterocycles. The summed E-state index contributed by atoms with van der Waals surface area (Å²) in [6.45, 7) is 8.98. The van der Waals surface area contributed by atoms with E-state index >= 15 is 0 Å². The van der Waals surface area contributed by atoms with Gasteiger partial charge in [0.05, 0.1) is 5.92 Å². The van der Waals surface area contributed by atoms with Crippen molar-refractivity contribution in [2.45, 2.75) is 45.1 Å². The summed E-state index contributed by atoms with van der Waals surface area (Å²) in [4.78, 5) is 17.3. The fourth-order valence-electron chi connectivity index (χ4n) is 4.10. The van der Waals surface area contributed by atoms with Crippen molar-refractivity contribution in [2.75, 3.05) is 39.3 Å². The van der Waals surface area contributed by atoms with Crippen molar-refractivity contribution in [3.05, 3.63) is 0 Å². The normalized spacial score (nSPS) is 33.0. The average molecular weight is 279 g/mol. The molecule has 1 N–H and O–H groups in total. The molecule has 2 atom stereocenters. The fourth-order valence-corrected chi connectivity index (χ4v) is 4.10. The van der Waals surface area contributed by atoms with Crippen LogP contribution in [0.25, 0.3) is 0 Å². The van der Waals surface area contributed by atoms with Crippen LogP contribution in [0, 0.1) is 11.8 Å². The Hall–Kier alpha value is -0.610. The van der Waals surface area contributed by atoms with Crippen LogP contribution in [-0.4, -0.2) is 61.0 Å². The molecule has 2 unspecified atom stereocenters. The van der Waals surface area contributed by atoms with E-state index < -0.39 is 0 Å². The molecule has 4 heteroatoms. The number of piperidine rings is 1. The maximum absolute atomic E-state index is 12.5. The van der Waals surface area contributed by atoms with Crippen LogP contribution in [-0.2, 0) is 4.79 Å². The van der Waals surface area contributed by atoms with Crippen LogP contribution < -0.4 is 5.32 Å². The third-order valence-electron chi connectivity index (χ3n) is 5.48. The minimum atomic E-state index is 0.227. The maximum Gasteiger partial charge on any atom is 0.227 e. The number of nitrogens with one attached hydrogen (secondary N) is 1. The number of carbonyl (C=O) groups is 1. The molecule has 3 rings (SSSR count). The molecular formula is C16H29N3O. The maximum atomic E-state index is 12.5. The highest BCUT2D eigenvalue weighted by atomic mass is 16.2. The third-order valence-corrected chi connectivity index (χ3v) is 5.48. The van der Waals surface area contributed by atoms with Crippen molar-refractivity contribution in [2.24, 2.45) is 11.8 Å². The largest absolute Gasteiger partial charge is 0.342 e. The van der Waals surface area contributed by atoms with Gasteiger partial charge < -0.3 is 15.1 Å². The van der Waals surface area contributed by atoms with Crippen molar-refractivity contribution >= 4 is 5.91 Å². The van der Waals surface area contributed by atoms with Crippen LogP contribution in [0.2, 0.25) is 0 Å². The molecule has 1 amide bonds. The molecule has 0 aromatic rings. The van der Waals surface area contributed by atoms with Gasteiger partial charge in [0.25, 0.3) is 0 Å². The van der Waals surface area contributed by atoms with Gasteiger partial charge in [0.1, 0.15) is 0 Å². The van der Waals surface area contributed by atoms with E-state index in [4.69, 9.17) is 0 Å². The van der Waals surface area contributed by atoms with E-state index in [2.05, 4.69) is 22.0 Å². The molecule has 0 aromatic heterocycles. The standard InChI is InChI=1S/C16H29N3O/c1-13-15(4-7-17-13)16(20)19-10-5-14(6-11-19)12-18-8-2-3-9-18/h13-15,17H,2-12H2,1H3. The average Bonchev–Trinajstić information content (AvgIpc) is 3.10. The Bertz CT molecular complexity index is 333. The summed E-state index contributed by atoms with van der Waals surface area (Å²) in [5.74, 6) is 1.45.